The number of fused-ring (bicyclic) bond motifs is 1. The average molecular weight is 379 g/mol. The number of rotatable bonds is 5. The first-order chi connectivity index (χ1) is 13.1. The summed E-state index contributed by atoms with van der Waals surface area (Å²) in [6, 6.07) is 16.3. The molecular weight excluding hydrogens is 362 g/mol. The molecule has 0 spiro atoms. The lowest BCUT2D eigenvalue weighted by Gasteiger charge is -2.11. The zero-order valence-corrected chi connectivity index (χ0v) is 15.4. The van der Waals surface area contributed by atoms with Crippen LogP contribution in [0.1, 0.15) is 5.56 Å². The van der Waals surface area contributed by atoms with Gasteiger partial charge >= 0.3 is 0 Å². The first kappa shape index (κ1) is 17.3. The van der Waals surface area contributed by atoms with Crippen molar-refractivity contribution < 1.29 is 17.6 Å². The highest BCUT2D eigenvalue weighted by Gasteiger charge is 2.22. The Morgan fingerprint density at radius 2 is 1.89 bits per heavy atom. The van der Waals surface area contributed by atoms with Crippen molar-refractivity contribution in [3.05, 3.63) is 78.9 Å². The van der Waals surface area contributed by atoms with Crippen molar-refractivity contribution in [1.29, 1.82) is 0 Å². The van der Waals surface area contributed by atoms with Crippen molar-refractivity contribution >= 4 is 20.7 Å². The summed E-state index contributed by atoms with van der Waals surface area (Å²) < 4.78 is 36.6. The molecule has 2 aromatic heterocycles. The van der Waals surface area contributed by atoms with Crippen LogP contribution in [0.3, 0.4) is 0 Å². The molecule has 0 aliphatic carbocycles. The molecule has 136 valence electrons. The van der Waals surface area contributed by atoms with E-state index in [0.29, 0.717) is 11.3 Å². The van der Waals surface area contributed by atoms with Crippen molar-refractivity contribution in [1.82, 2.24) is 4.98 Å². The van der Waals surface area contributed by atoms with Gasteiger partial charge in [0.25, 0.3) is 0 Å². The molecule has 0 aliphatic heterocycles. The molecule has 6 heteroatoms. The van der Waals surface area contributed by atoms with Gasteiger partial charge in [0.1, 0.15) is 10.6 Å². The van der Waals surface area contributed by atoms with Gasteiger partial charge in [-0.15, -0.1) is 0 Å². The Morgan fingerprint density at radius 3 is 2.67 bits per heavy atom. The van der Waals surface area contributed by atoms with Crippen LogP contribution >= 0.6 is 0 Å². The molecule has 0 radical (unpaired) electrons. The first-order valence-electron chi connectivity index (χ1n) is 8.34. The van der Waals surface area contributed by atoms with E-state index >= 15 is 0 Å². The third-order valence-corrected chi connectivity index (χ3v) is 6.06. The molecule has 0 saturated carbocycles. The van der Waals surface area contributed by atoms with E-state index in [0.717, 1.165) is 22.0 Å². The molecule has 0 unspecified atom stereocenters. The molecule has 4 aromatic rings. The van der Waals surface area contributed by atoms with E-state index in [1.54, 1.807) is 43.0 Å². The second kappa shape index (κ2) is 6.89. The fourth-order valence-corrected chi connectivity index (χ4v) is 4.54. The van der Waals surface area contributed by atoms with Gasteiger partial charge in [-0.2, -0.15) is 0 Å². The van der Waals surface area contributed by atoms with E-state index in [2.05, 4.69) is 4.98 Å². The van der Waals surface area contributed by atoms with Crippen molar-refractivity contribution in [3.63, 3.8) is 0 Å². The summed E-state index contributed by atoms with van der Waals surface area (Å²) in [6.45, 7) is 0. The highest BCUT2D eigenvalue weighted by Crippen LogP contribution is 2.32. The summed E-state index contributed by atoms with van der Waals surface area (Å²) in [6.07, 6.45) is 4.73. The van der Waals surface area contributed by atoms with Gasteiger partial charge in [0.05, 0.1) is 30.9 Å². The lowest BCUT2D eigenvalue weighted by Crippen LogP contribution is -2.07. The maximum Gasteiger partial charge on any atom is 0.186 e. The highest BCUT2D eigenvalue weighted by molar-refractivity contribution is 7.90. The molecule has 27 heavy (non-hydrogen) atoms. The van der Waals surface area contributed by atoms with Crippen LogP contribution in [-0.2, 0) is 15.6 Å². The van der Waals surface area contributed by atoms with Crippen molar-refractivity contribution in [3.8, 4) is 16.9 Å². The fraction of sp³-hybridized carbons (Fsp3) is 0.0952. The van der Waals surface area contributed by atoms with E-state index < -0.39 is 9.84 Å². The summed E-state index contributed by atoms with van der Waals surface area (Å²) in [5.41, 5.74) is 3.02. The minimum absolute atomic E-state index is 0.150. The number of hydrogen-bond donors (Lipinski definition) is 0. The summed E-state index contributed by atoms with van der Waals surface area (Å²) >= 11 is 0. The van der Waals surface area contributed by atoms with Crippen LogP contribution in [0, 0.1) is 0 Å². The summed E-state index contributed by atoms with van der Waals surface area (Å²) in [4.78, 5) is 4.50. The van der Waals surface area contributed by atoms with Gasteiger partial charge in [-0.25, -0.2) is 8.42 Å². The van der Waals surface area contributed by atoms with Crippen LogP contribution in [0.5, 0.6) is 5.75 Å². The Bertz CT molecular complexity index is 1200. The average Bonchev–Trinajstić information content (AvgIpc) is 3.22. The number of ether oxygens (including phenoxy) is 1. The minimum atomic E-state index is -3.63. The van der Waals surface area contributed by atoms with Crippen molar-refractivity contribution in [2.24, 2.45) is 0 Å². The summed E-state index contributed by atoms with van der Waals surface area (Å²) in [7, 11) is -2.17. The third-order valence-electron chi connectivity index (χ3n) is 4.36. The second-order valence-corrected chi connectivity index (χ2v) is 8.13. The molecule has 5 nitrogen and oxygen atoms in total. The van der Waals surface area contributed by atoms with Crippen LogP contribution in [0.25, 0.3) is 22.0 Å². The molecule has 0 saturated heterocycles. The molecule has 2 heterocycles. The van der Waals surface area contributed by atoms with Gasteiger partial charge in [0.15, 0.2) is 9.84 Å². The lowest BCUT2D eigenvalue weighted by molar-refractivity contribution is 0.403. The molecule has 2 aromatic carbocycles. The number of hydrogen-bond acceptors (Lipinski definition) is 5. The van der Waals surface area contributed by atoms with E-state index in [9.17, 15) is 8.42 Å². The Kier molecular flexibility index (Phi) is 4.41. The number of sulfone groups is 1. The highest BCUT2D eigenvalue weighted by atomic mass is 32.2. The minimum Gasteiger partial charge on any atom is -0.495 e. The Hall–Kier alpha value is -3.12. The topological polar surface area (TPSA) is 69.4 Å². The van der Waals surface area contributed by atoms with Crippen LogP contribution in [0.2, 0.25) is 0 Å². The van der Waals surface area contributed by atoms with E-state index in [1.165, 1.54) is 7.11 Å². The van der Waals surface area contributed by atoms with Gasteiger partial charge in [0.2, 0.25) is 0 Å². The Labute approximate surface area is 157 Å². The molecule has 4 rings (SSSR count). The molecular formula is C21H17NO4S. The Morgan fingerprint density at radius 1 is 1.04 bits per heavy atom. The van der Waals surface area contributed by atoms with Crippen LogP contribution in [-0.4, -0.2) is 20.5 Å². The largest absolute Gasteiger partial charge is 0.495 e. The molecule has 0 bridgehead atoms. The number of benzene rings is 2. The smallest absolute Gasteiger partial charge is 0.186 e. The molecule has 0 fully saturated rings. The zero-order valence-electron chi connectivity index (χ0n) is 14.6. The number of methoxy groups -OCH3 is 1. The van der Waals surface area contributed by atoms with E-state index in [-0.39, 0.29) is 10.6 Å². The summed E-state index contributed by atoms with van der Waals surface area (Å²) in [5.74, 6) is 0.159. The second-order valence-electron chi connectivity index (χ2n) is 6.17. The van der Waals surface area contributed by atoms with Crippen molar-refractivity contribution in [2.75, 3.05) is 7.11 Å². The van der Waals surface area contributed by atoms with Gasteiger partial charge in [-0.05, 0) is 41.5 Å². The van der Waals surface area contributed by atoms with Gasteiger partial charge in [-0.1, -0.05) is 24.3 Å². The predicted octanol–water partition coefficient (Wildman–Crippen LogP) is 4.48. The van der Waals surface area contributed by atoms with Gasteiger partial charge < -0.3 is 9.15 Å². The van der Waals surface area contributed by atoms with E-state index in [1.807, 2.05) is 30.3 Å². The lowest BCUT2D eigenvalue weighted by atomic mass is 10.1. The molecule has 0 amide bonds. The van der Waals surface area contributed by atoms with E-state index in [4.69, 9.17) is 9.15 Å². The van der Waals surface area contributed by atoms with Gasteiger partial charge in [-0.3, -0.25) is 4.98 Å². The summed E-state index contributed by atoms with van der Waals surface area (Å²) in [5, 5.41) is 0.907. The number of aromatic nitrogens is 1. The first-order valence-corrected chi connectivity index (χ1v) is 9.99. The van der Waals surface area contributed by atoms with Crippen molar-refractivity contribution in [2.45, 2.75) is 10.6 Å². The van der Waals surface area contributed by atoms with Crippen LogP contribution in [0.4, 0.5) is 0 Å². The predicted molar refractivity (Wildman–Crippen MR) is 103 cm³/mol. The number of furan rings is 1. The monoisotopic (exact) mass is 379 g/mol. The normalized spacial score (nSPS) is 11.6. The van der Waals surface area contributed by atoms with Crippen LogP contribution < -0.4 is 4.74 Å². The number of pyridine rings is 1. The Balaban J connectivity index is 1.74. The zero-order chi connectivity index (χ0) is 18.9. The number of nitrogens with zero attached hydrogens (tertiary/aromatic N) is 1. The quantitative estimate of drug-likeness (QED) is 0.511. The molecule has 0 aliphatic rings. The maximum absolute atomic E-state index is 13.1. The number of para-hydroxylation sites is 1. The fourth-order valence-electron chi connectivity index (χ4n) is 3.02. The third kappa shape index (κ3) is 3.44. The van der Waals surface area contributed by atoms with Gasteiger partial charge in [0, 0.05) is 17.1 Å². The SMILES string of the molecule is COc1ccc(-c2ccoc2)cc1S(=O)(=O)Cc1cnc2ccccc2c1. The van der Waals surface area contributed by atoms with Crippen LogP contribution in [0.15, 0.2) is 82.6 Å². The molecule has 0 N–H and O–H groups in total. The maximum atomic E-state index is 13.1. The molecule has 0 atom stereocenters. The standard InChI is InChI=1S/C21H17NO4S/c1-25-20-7-6-16(18-8-9-26-13-18)11-21(20)27(23,24)14-15-10-17-4-2-3-5-19(17)22-12-15/h2-13H,14H2,1H3.